The van der Waals surface area contributed by atoms with Gasteiger partial charge in [0.15, 0.2) is 0 Å². The van der Waals surface area contributed by atoms with Crippen molar-refractivity contribution < 1.29 is 32.6 Å². The summed E-state index contributed by atoms with van der Waals surface area (Å²) in [5.41, 5.74) is -0.106. The van der Waals surface area contributed by atoms with Crippen molar-refractivity contribution >= 4 is 33.5 Å². The van der Waals surface area contributed by atoms with Crippen LogP contribution in [0.5, 0.6) is 0 Å². The number of likely N-dealkylation sites (tertiary alicyclic amines) is 1. The van der Waals surface area contributed by atoms with Crippen LogP contribution in [0.2, 0.25) is 0 Å². The Balaban J connectivity index is 2.05. The number of benzene rings is 1. The van der Waals surface area contributed by atoms with E-state index >= 15 is 0 Å². The Kier molecular flexibility index (Phi) is 4.83. The third-order valence-electron chi connectivity index (χ3n) is 4.60. The number of esters is 1. The molecule has 1 aromatic heterocycles. The van der Waals surface area contributed by atoms with Crippen molar-refractivity contribution in [1.29, 1.82) is 0 Å². The molecule has 0 bridgehead atoms. The minimum Gasteiger partial charge on any atom is -0.465 e. The molecule has 2 aromatic rings. The summed E-state index contributed by atoms with van der Waals surface area (Å²) in [5, 5.41) is 9.66. The Morgan fingerprint density at radius 2 is 1.92 bits per heavy atom. The van der Waals surface area contributed by atoms with Gasteiger partial charge < -0.3 is 14.7 Å². The fraction of sp³-hybridized carbons (Fsp3) is 0.412. The molecule has 3 rings (SSSR count). The summed E-state index contributed by atoms with van der Waals surface area (Å²) in [6, 6.07) is 3.44. The summed E-state index contributed by atoms with van der Waals surface area (Å²) >= 11 is 0.983. The van der Waals surface area contributed by atoms with Crippen LogP contribution in [-0.2, 0) is 10.9 Å². The normalized spacial score (nSPS) is 16.1. The van der Waals surface area contributed by atoms with Crippen molar-refractivity contribution in [2.75, 3.05) is 20.2 Å². The van der Waals surface area contributed by atoms with E-state index in [0.717, 1.165) is 23.5 Å². The van der Waals surface area contributed by atoms with Gasteiger partial charge in [0.1, 0.15) is 4.88 Å². The molecule has 5 nitrogen and oxygen atoms in total. The second-order valence-electron chi connectivity index (χ2n) is 6.09. The molecule has 1 N–H and O–H groups in total. The van der Waals surface area contributed by atoms with Crippen LogP contribution >= 0.6 is 11.3 Å². The Bertz CT molecular complexity index is 854. The number of nitrogens with zero attached hydrogens (tertiary/aromatic N) is 1. The average Bonchev–Trinajstić information content (AvgIpc) is 2.99. The summed E-state index contributed by atoms with van der Waals surface area (Å²) in [7, 11) is 1.23. The van der Waals surface area contributed by atoms with Gasteiger partial charge in [0, 0.05) is 17.8 Å². The Labute approximate surface area is 151 Å². The lowest BCUT2D eigenvalue weighted by Crippen LogP contribution is -2.37. The number of amides is 1. The highest BCUT2D eigenvalue weighted by Crippen LogP contribution is 2.42. The van der Waals surface area contributed by atoms with Crippen LogP contribution in [0.15, 0.2) is 18.2 Å². The lowest BCUT2D eigenvalue weighted by atomic mass is 9.87. The summed E-state index contributed by atoms with van der Waals surface area (Å²) < 4.78 is 44.1. The Morgan fingerprint density at radius 3 is 2.46 bits per heavy atom. The number of methoxy groups -OCH3 is 1. The molecule has 140 valence electrons. The number of halogens is 3. The van der Waals surface area contributed by atoms with E-state index in [1.165, 1.54) is 18.1 Å². The van der Waals surface area contributed by atoms with Gasteiger partial charge in [-0.05, 0) is 41.8 Å². The molecule has 1 aliphatic heterocycles. The lowest BCUT2D eigenvalue weighted by molar-refractivity contribution is -0.137. The predicted molar refractivity (Wildman–Crippen MR) is 89.7 cm³/mol. The summed E-state index contributed by atoms with van der Waals surface area (Å²) in [4.78, 5) is 24.8. The Hall–Kier alpha value is -2.29. The van der Waals surface area contributed by atoms with Crippen molar-refractivity contribution in [1.82, 2.24) is 4.90 Å². The maximum Gasteiger partial charge on any atom is 0.416 e. The van der Waals surface area contributed by atoms with Gasteiger partial charge in [0.2, 0.25) is 0 Å². The number of ether oxygens (including phenoxy) is 1. The molecule has 0 saturated carbocycles. The highest BCUT2D eigenvalue weighted by molar-refractivity contribution is 7.21. The largest absolute Gasteiger partial charge is 0.465 e. The zero-order valence-electron chi connectivity index (χ0n) is 13.8. The zero-order chi connectivity index (χ0) is 19.1. The number of fused-ring (bicyclic) bond motifs is 1. The van der Waals surface area contributed by atoms with Crippen LogP contribution in [0.3, 0.4) is 0 Å². The minimum atomic E-state index is -4.46. The smallest absolute Gasteiger partial charge is 0.416 e. The van der Waals surface area contributed by atoms with Crippen LogP contribution in [0.1, 0.15) is 39.6 Å². The highest BCUT2D eigenvalue weighted by atomic mass is 32.1. The monoisotopic (exact) mass is 387 g/mol. The summed E-state index contributed by atoms with van der Waals surface area (Å²) in [6.07, 6.45) is -4.45. The van der Waals surface area contributed by atoms with Gasteiger partial charge in [-0.25, -0.2) is 9.59 Å². The van der Waals surface area contributed by atoms with Crippen molar-refractivity contribution in [3.8, 4) is 0 Å². The maximum absolute atomic E-state index is 13.0. The molecule has 26 heavy (non-hydrogen) atoms. The first-order valence-corrected chi connectivity index (χ1v) is 8.74. The first kappa shape index (κ1) is 18.5. The van der Waals surface area contributed by atoms with E-state index in [1.54, 1.807) is 0 Å². The molecule has 1 aromatic carbocycles. The van der Waals surface area contributed by atoms with Crippen molar-refractivity contribution in [3.05, 3.63) is 34.2 Å². The van der Waals surface area contributed by atoms with Gasteiger partial charge >= 0.3 is 18.2 Å². The summed E-state index contributed by atoms with van der Waals surface area (Å²) in [5.74, 6) is -0.694. The van der Waals surface area contributed by atoms with Crippen LogP contribution in [0, 0.1) is 0 Å². The van der Waals surface area contributed by atoms with E-state index < -0.39 is 23.8 Å². The highest BCUT2D eigenvalue weighted by Gasteiger charge is 2.33. The molecule has 0 aliphatic carbocycles. The second-order valence-corrected chi connectivity index (χ2v) is 7.14. The van der Waals surface area contributed by atoms with Crippen LogP contribution < -0.4 is 0 Å². The van der Waals surface area contributed by atoms with E-state index in [9.17, 15) is 22.8 Å². The molecule has 1 amide bonds. The average molecular weight is 387 g/mol. The third kappa shape index (κ3) is 3.35. The molecule has 9 heteroatoms. The number of carbonyl (C=O) groups excluding carboxylic acids is 1. The number of hydrogen-bond acceptors (Lipinski definition) is 4. The van der Waals surface area contributed by atoms with Gasteiger partial charge in [0.25, 0.3) is 0 Å². The molecule has 1 aliphatic rings. The molecule has 0 spiro atoms. The van der Waals surface area contributed by atoms with Crippen LogP contribution in [0.4, 0.5) is 18.0 Å². The second kappa shape index (κ2) is 6.79. The number of carboxylic acid groups (broad SMARTS) is 1. The summed E-state index contributed by atoms with van der Waals surface area (Å²) in [6.45, 7) is 0.636. The van der Waals surface area contributed by atoms with Crippen LogP contribution in [-0.4, -0.2) is 42.3 Å². The number of thiophene rings is 1. The number of carbonyl (C=O) groups is 2. The van der Waals surface area contributed by atoms with E-state index in [4.69, 9.17) is 9.84 Å². The maximum atomic E-state index is 13.0. The third-order valence-corrected chi connectivity index (χ3v) is 5.75. The quantitative estimate of drug-likeness (QED) is 0.767. The predicted octanol–water partition coefficient (Wildman–Crippen LogP) is 4.56. The molecule has 0 unspecified atom stereocenters. The SMILES string of the molecule is COC(=O)c1sc2cc(C(F)(F)F)ccc2c1C1CCN(C(=O)O)CC1. The minimum absolute atomic E-state index is 0.106. The van der Waals surface area contributed by atoms with E-state index in [2.05, 4.69) is 0 Å². The topological polar surface area (TPSA) is 66.8 Å². The fourth-order valence-corrected chi connectivity index (χ4v) is 4.55. The molecule has 0 atom stereocenters. The van der Waals surface area contributed by atoms with E-state index in [0.29, 0.717) is 41.6 Å². The fourth-order valence-electron chi connectivity index (χ4n) is 3.30. The first-order valence-electron chi connectivity index (χ1n) is 7.92. The van der Waals surface area contributed by atoms with Gasteiger partial charge in [-0.3, -0.25) is 0 Å². The number of piperidine rings is 1. The van der Waals surface area contributed by atoms with E-state index in [-0.39, 0.29) is 10.8 Å². The molecular formula is C17H16F3NO4S. The molecule has 1 saturated heterocycles. The van der Waals surface area contributed by atoms with Crippen LogP contribution in [0.25, 0.3) is 10.1 Å². The van der Waals surface area contributed by atoms with Crippen molar-refractivity contribution in [2.24, 2.45) is 0 Å². The molecule has 1 fully saturated rings. The van der Waals surface area contributed by atoms with Gasteiger partial charge in [-0.2, -0.15) is 13.2 Å². The molecular weight excluding hydrogens is 371 g/mol. The van der Waals surface area contributed by atoms with Gasteiger partial charge in [0.05, 0.1) is 12.7 Å². The first-order chi connectivity index (χ1) is 12.2. The number of hydrogen-bond donors (Lipinski definition) is 1. The molecule has 0 radical (unpaired) electrons. The lowest BCUT2D eigenvalue weighted by Gasteiger charge is -2.30. The van der Waals surface area contributed by atoms with Crippen molar-refractivity contribution in [3.63, 3.8) is 0 Å². The number of rotatable bonds is 2. The van der Waals surface area contributed by atoms with E-state index in [1.807, 2.05) is 0 Å². The van der Waals surface area contributed by atoms with Crippen molar-refractivity contribution in [2.45, 2.75) is 24.9 Å². The standard InChI is InChI=1S/C17H16F3NO4S/c1-25-15(22)14-13(9-4-6-21(7-5-9)16(23)24)11-3-2-10(17(18,19)20)8-12(11)26-14/h2-3,8-9H,4-7H2,1H3,(H,23,24). The van der Waals surface area contributed by atoms with Gasteiger partial charge in [-0.1, -0.05) is 6.07 Å². The molecule has 2 heterocycles. The van der Waals surface area contributed by atoms with Gasteiger partial charge in [-0.15, -0.1) is 11.3 Å². The zero-order valence-corrected chi connectivity index (χ0v) is 14.6. The Morgan fingerprint density at radius 1 is 1.27 bits per heavy atom. The number of alkyl halides is 3.